The molecule has 1 heterocycles. The highest BCUT2D eigenvalue weighted by molar-refractivity contribution is 9.10. The monoisotopic (exact) mass is 456 g/mol. The van der Waals surface area contributed by atoms with Crippen LogP contribution in [0.3, 0.4) is 0 Å². The maximum absolute atomic E-state index is 12.5. The summed E-state index contributed by atoms with van der Waals surface area (Å²) in [6, 6.07) is 5.72. The molecule has 0 aliphatic carbocycles. The number of aryl methyl sites for hydroxylation is 1. The lowest BCUT2D eigenvalue weighted by molar-refractivity contribution is 0.0473. The van der Waals surface area contributed by atoms with Gasteiger partial charge in [-0.05, 0) is 67.9 Å². The number of rotatable bonds is 6. The van der Waals surface area contributed by atoms with Gasteiger partial charge in [-0.2, -0.15) is 0 Å². The molecule has 0 fully saturated rings. The molecule has 0 aliphatic rings. The molecular weight excluding hydrogens is 436 g/mol. The van der Waals surface area contributed by atoms with Crippen LogP contribution < -0.4 is 5.14 Å². The van der Waals surface area contributed by atoms with Crippen LogP contribution in [0.15, 0.2) is 33.6 Å². The first-order valence-corrected chi connectivity index (χ1v) is 10.5. The van der Waals surface area contributed by atoms with Crippen molar-refractivity contribution >= 4 is 37.7 Å². The smallest absolute Gasteiger partial charge is 0.339 e. The fourth-order valence-corrected chi connectivity index (χ4v) is 3.93. The number of sulfonamides is 1. The molecule has 2 rings (SSSR count). The number of nitrogens with two attached hydrogens (primary N) is 1. The van der Waals surface area contributed by atoms with Gasteiger partial charge in [-0.1, -0.05) is 0 Å². The molecular formula is C18H21BrN2O5S. The lowest BCUT2D eigenvalue weighted by Crippen LogP contribution is -2.17. The number of carbonyl (C=O) groups excluding carboxylic acids is 2. The summed E-state index contributed by atoms with van der Waals surface area (Å²) in [6.45, 7) is 7.34. The van der Waals surface area contributed by atoms with Gasteiger partial charge in [0, 0.05) is 27.5 Å². The average molecular weight is 457 g/mol. The summed E-state index contributed by atoms with van der Waals surface area (Å²) in [7, 11) is -3.96. The third-order valence-corrected chi connectivity index (χ3v) is 5.72. The van der Waals surface area contributed by atoms with Crippen LogP contribution in [0.2, 0.25) is 0 Å². The molecule has 2 N–H and O–H groups in total. The number of ether oxygens (including phenoxy) is 1. The molecule has 0 bridgehead atoms. The number of hydrogen-bond donors (Lipinski definition) is 1. The number of benzene rings is 1. The number of carbonyl (C=O) groups is 2. The lowest BCUT2D eigenvalue weighted by atomic mass is 10.1. The van der Waals surface area contributed by atoms with Crippen LogP contribution in [0.1, 0.15) is 52.0 Å². The van der Waals surface area contributed by atoms with Gasteiger partial charge >= 0.3 is 5.97 Å². The normalized spacial score (nSPS) is 11.7. The van der Waals surface area contributed by atoms with Crippen molar-refractivity contribution in [3.05, 3.63) is 51.3 Å². The van der Waals surface area contributed by atoms with Gasteiger partial charge in [0.15, 0.2) is 6.61 Å². The first kappa shape index (κ1) is 21.3. The summed E-state index contributed by atoms with van der Waals surface area (Å²) in [4.78, 5) is 24.6. The molecule has 1 aromatic heterocycles. The molecule has 9 heteroatoms. The summed E-state index contributed by atoms with van der Waals surface area (Å²) >= 11 is 3.17. The Kier molecular flexibility index (Phi) is 6.28. The van der Waals surface area contributed by atoms with Crippen LogP contribution >= 0.6 is 15.9 Å². The van der Waals surface area contributed by atoms with Gasteiger partial charge in [0.2, 0.25) is 15.8 Å². The summed E-state index contributed by atoms with van der Waals surface area (Å²) < 4.78 is 30.4. The number of halogens is 1. The van der Waals surface area contributed by atoms with Gasteiger partial charge in [-0.3, -0.25) is 4.79 Å². The number of nitrogens with zero attached hydrogens (tertiary/aromatic N) is 1. The molecule has 146 valence electrons. The number of aromatic nitrogens is 1. The molecule has 2 aromatic rings. The van der Waals surface area contributed by atoms with E-state index >= 15 is 0 Å². The zero-order valence-electron chi connectivity index (χ0n) is 15.4. The van der Waals surface area contributed by atoms with E-state index in [0.29, 0.717) is 10.0 Å². The Balaban J connectivity index is 2.19. The van der Waals surface area contributed by atoms with Crippen molar-refractivity contribution < 1.29 is 22.7 Å². The third kappa shape index (κ3) is 4.66. The third-order valence-electron chi connectivity index (χ3n) is 4.12. The Bertz CT molecular complexity index is 1010. The second kappa shape index (κ2) is 7.95. The van der Waals surface area contributed by atoms with E-state index in [9.17, 15) is 18.0 Å². The quantitative estimate of drug-likeness (QED) is 0.530. The predicted octanol–water partition coefficient (Wildman–Crippen LogP) is 3.14. The summed E-state index contributed by atoms with van der Waals surface area (Å²) in [5.74, 6) is -1.15. The van der Waals surface area contributed by atoms with E-state index in [-0.39, 0.29) is 22.3 Å². The van der Waals surface area contributed by atoms with Gasteiger partial charge in [0.1, 0.15) is 0 Å². The van der Waals surface area contributed by atoms with Crippen molar-refractivity contribution in [1.29, 1.82) is 0 Å². The Labute approximate surface area is 166 Å². The summed E-state index contributed by atoms with van der Waals surface area (Å²) in [6.07, 6.45) is 0. The maximum atomic E-state index is 12.5. The Morgan fingerprint density at radius 2 is 1.81 bits per heavy atom. The van der Waals surface area contributed by atoms with E-state index in [2.05, 4.69) is 15.9 Å². The van der Waals surface area contributed by atoms with Crippen LogP contribution in [0.5, 0.6) is 0 Å². The second-order valence-corrected chi connectivity index (χ2v) is 8.85. The number of esters is 1. The number of primary sulfonamides is 1. The van der Waals surface area contributed by atoms with Crippen molar-refractivity contribution in [2.75, 3.05) is 6.61 Å². The highest BCUT2D eigenvalue weighted by atomic mass is 79.9. The lowest BCUT2D eigenvalue weighted by Gasteiger charge is -2.13. The molecule has 0 aliphatic heterocycles. The summed E-state index contributed by atoms with van der Waals surface area (Å²) in [5, 5.41) is 5.08. The Morgan fingerprint density at radius 3 is 2.33 bits per heavy atom. The van der Waals surface area contributed by atoms with Crippen LogP contribution in [0, 0.1) is 13.8 Å². The summed E-state index contributed by atoms with van der Waals surface area (Å²) in [5.41, 5.74) is 2.22. The standard InChI is InChI=1S/C18H21BrN2O5S/c1-10(2)21-11(3)7-14(12(21)4)17(22)9-26-18(23)15-8-13(27(20,24)25)5-6-16(15)19/h5-8,10H,9H2,1-4H3,(H2,20,24,25). The molecule has 1 aromatic carbocycles. The van der Waals surface area contributed by atoms with Crippen molar-refractivity contribution in [1.82, 2.24) is 4.57 Å². The highest BCUT2D eigenvalue weighted by Gasteiger charge is 2.21. The van der Waals surface area contributed by atoms with E-state index < -0.39 is 22.6 Å². The van der Waals surface area contributed by atoms with Gasteiger partial charge in [0.05, 0.1) is 10.5 Å². The Morgan fingerprint density at radius 1 is 1.19 bits per heavy atom. The molecule has 0 atom stereocenters. The minimum absolute atomic E-state index is 0.0259. The van der Waals surface area contributed by atoms with Crippen molar-refractivity contribution in [3.63, 3.8) is 0 Å². The zero-order valence-corrected chi connectivity index (χ0v) is 17.8. The van der Waals surface area contributed by atoms with Gasteiger partial charge < -0.3 is 9.30 Å². The predicted molar refractivity (Wildman–Crippen MR) is 104 cm³/mol. The molecule has 0 saturated carbocycles. The minimum atomic E-state index is -3.96. The number of ketones is 1. The van der Waals surface area contributed by atoms with E-state index in [1.54, 1.807) is 6.07 Å². The average Bonchev–Trinajstić information content (AvgIpc) is 2.86. The van der Waals surface area contributed by atoms with Crippen LogP contribution in [0.4, 0.5) is 0 Å². The largest absolute Gasteiger partial charge is 0.454 e. The molecule has 27 heavy (non-hydrogen) atoms. The van der Waals surface area contributed by atoms with E-state index in [0.717, 1.165) is 17.5 Å². The van der Waals surface area contributed by atoms with E-state index in [1.807, 2.05) is 32.3 Å². The molecule has 7 nitrogen and oxygen atoms in total. The van der Waals surface area contributed by atoms with E-state index in [1.165, 1.54) is 12.1 Å². The number of Topliss-reactive ketones (excluding diaryl/α,β-unsaturated/α-hetero) is 1. The van der Waals surface area contributed by atoms with Gasteiger partial charge in [-0.15, -0.1) is 0 Å². The SMILES string of the molecule is Cc1cc(C(=O)COC(=O)c2cc(S(N)(=O)=O)ccc2Br)c(C)n1C(C)C. The highest BCUT2D eigenvalue weighted by Crippen LogP contribution is 2.23. The second-order valence-electron chi connectivity index (χ2n) is 6.43. The fourth-order valence-electron chi connectivity index (χ4n) is 2.98. The van der Waals surface area contributed by atoms with Crippen molar-refractivity contribution in [2.24, 2.45) is 5.14 Å². The number of hydrogen-bond acceptors (Lipinski definition) is 5. The van der Waals surface area contributed by atoms with Gasteiger partial charge in [-0.25, -0.2) is 18.4 Å². The molecule has 0 amide bonds. The fraction of sp³-hybridized carbons (Fsp3) is 0.333. The topological polar surface area (TPSA) is 108 Å². The molecule has 0 saturated heterocycles. The molecule has 0 spiro atoms. The van der Waals surface area contributed by atoms with Gasteiger partial charge in [0.25, 0.3) is 0 Å². The van der Waals surface area contributed by atoms with Crippen LogP contribution in [0.25, 0.3) is 0 Å². The maximum Gasteiger partial charge on any atom is 0.339 e. The first-order valence-electron chi connectivity index (χ1n) is 8.14. The molecule has 0 unspecified atom stereocenters. The van der Waals surface area contributed by atoms with Crippen LogP contribution in [-0.4, -0.2) is 31.3 Å². The van der Waals surface area contributed by atoms with Crippen molar-refractivity contribution in [3.8, 4) is 0 Å². The minimum Gasteiger partial charge on any atom is -0.454 e. The van der Waals surface area contributed by atoms with Crippen LogP contribution in [-0.2, 0) is 14.8 Å². The first-order chi connectivity index (χ1) is 12.4. The molecule has 0 radical (unpaired) electrons. The van der Waals surface area contributed by atoms with Crippen molar-refractivity contribution in [2.45, 2.75) is 38.6 Å². The van der Waals surface area contributed by atoms with E-state index in [4.69, 9.17) is 9.88 Å². The zero-order chi connectivity index (χ0) is 20.5. The Hall–Kier alpha value is -1.97.